The molecule has 2 aliphatic rings. The maximum absolute atomic E-state index is 13.8. The smallest absolute Gasteiger partial charge is 0.330 e. The van der Waals surface area contributed by atoms with Crippen LogP contribution in [0.25, 0.3) is 10.8 Å². The number of hydrazine groups is 1. The second kappa shape index (κ2) is 14.4. The fraction of sp³-hybridized carbons (Fsp3) is 0.548. The number of amides is 3. The number of rotatable bonds is 10. The molecule has 1 saturated carbocycles. The summed E-state index contributed by atoms with van der Waals surface area (Å²) in [4.78, 5) is 55.3. The lowest BCUT2D eigenvalue weighted by Gasteiger charge is -2.34. The van der Waals surface area contributed by atoms with Gasteiger partial charge in [0.05, 0.1) is 13.1 Å². The van der Waals surface area contributed by atoms with Crippen molar-refractivity contribution in [3.63, 3.8) is 0 Å². The first kappa shape index (κ1) is 30.5. The molecule has 0 radical (unpaired) electrons. The van der Waals surface area contributed by atoms with Gasteiger partial charge in [-0.3, -0.25) is 24.7 Å². The highest BCUT2D eigenvalue weighted by Gasteiger charge is 2.34. The second-order valence-corrected chi connectivity index (χ2v) is 11.2. The number of esters is 1. The van der Waals surface area contributed by atoms with E-state index in [2.05, 4.69) is 11.5 Å². The molecule has 2 fully saturated rings. The van der Waals surface area contributed by atoms with Crippen molar-refractivity contribution >= 4 is 34.5 Å². The topological polar surface area (TPSA) is 125 Å². The van der Waals surface area contributed by atoms with E-state index >= 15 is 0 Å². The molecule has 222 valence electrons. The van der Waals surface area contributed by atoms with E-state index in [1.54, 1.807) is 11.8 Å². The highest BCUT2D eigenvalue weighted by molar-refractivity contribution is 5.88. The number of carbonyl (C=O) groups excluding carboxylic acids is 4. The van der Waals surface area contributed by atoms with Gasteiger partial charge in [-0.2, -0.15) is 0 Å². The molecule has 1 aliphatic heterocycles. The van der Waals surface area contributed by atoms with Gasteiger partial charge in [0.2, 0.25) is 11.8 Å². The summed E-state index contributed by atoms with van der Waals surface area (Å²) in [5.74, 6) is -1.52. The molecule has 10 nitrogen and oxygen atoms in total. The van der Waals surface area contributed by atoms with Crippen LogP contribution in [0.3, 0.4) is 0 Å². The van der Waals surface area contributed by atoms with Crippen LogP contribution in [0, 0.1) is 0 Å². The van der Waals surface area contributed by atoms with Gasteiger partial charge < -0.3 is 15.4 Å². The highest BCUT2D eigenvalue weighted by atomic mass is 16.5. The Morgan fingerprint density at radius 3 is 2.49 bits per heavy atom. The molecule has 1 saturated heterocycles. The number of likely N-dealkylation sites (tertiary alicyclic amines) is 1. The average molecular weight is 566 g/mol. The lowest BCUT2D eigenvalue weighted by molar-refractivity contribution is -0.164. The number of hydrogen-bond acceptors (Lipinski definition) is 7. The Hall–Kier alpha value is -3.50. The molecule has 0 spiro atoms. The predicted molar refractivity (Wildman–Crippen MR) is 156 cm³/mol. The Morgan fingerprint density at radius 1 is 1.02 bits per heavy atom. The minimum atomic E-state index is -0.991. The number of nitrogens with zero attached hydrogens (tertiary/aromatic N) is 3. The first-order valence-electron chi connectivity index (χ1n) is 14.7. The minimum absolute atomic E-state index is 0.0598. The number of nitrogens with one attached hydrogen (secondary N) is 1. The van der Waals surface area contributed by atoms with E-state index in [1.807, 2.05) is 41.3 Å². The molecular weight excluding hydrogens is 522 g/mol. The largest absolute Gasteiger partial charge is 0.461 e. The Kier molecular flexibility index (Phi) is 10.7. The molecule has 0 unspecified atom stereocenters. The Morgan fingerprint density at radius 2 is 1.76 bits per heavy atom. The van der Waals surface area contributed by atoms with Crippen LogP contribution in [0.2, 0.25) is 0 Å². The molecule has 3 amide bonds. The molecule has 10 heteroatoms. The van der Waals surface area contributed by atoms with E-state index < -0.39 is 23.8 Å². The summed E-state index contributed by atoms with van der Waals surface area (Å²) in [5.41, 5.74) is 9.28. The van der Waals surface area contributed by atoms with Crippen molar-refractivity contribution < 1.29 is 23.9 Å². The third-order valence-electron chi connectivity index (χ3n) is 8.08. The van der Waals surface area contributed by atoms with Gasteiger partial charge in [0.15, 0.2) is 0 Å². The van der Waals surface area contributed by atoms with E-state index in [-0.39, 0.29) is 31.1 Å². The molecule has 1 aliphatic carbocycles. The highest BCUT2D eigenvalue weighted by Crippen LogP contribution is 2.24. The van der Waals surface area contributed by atoms with Crippen molar-refractivity contribution in [3.05, 3.63) is 48.0 Å². The fourth-order valence-electron chi connectivity index (χ4n) is 5.99. The van der Waals surface area contributed by atoms with Crippen LogP contribution in [0.1, 0.15) is 64.4 Å². The summed E-state index contributed by atoms with van der Waals surface area (Å²) in [7, 11) is 0. The summed E-state index contributed by atoms with van der Waals surface area (Å²) >= 11 is 0. The van der Waals surface area contributed by atoms with Crippen LogP contribution >= 0.6 is 0 Å². The molecule has 3 N–H and O–H groups in total. The van der Waals surface area contributed by atoms with Crippen LogP contribution in [0.15, 0.2) is 42.5 Å². The summed E-state index contributed by atoms with van der Waals surface area (Å²) in [5, 5.41) is 3.27. The normalized spacial score (nSPS) is 18.3. The molecule has 1 heterocycles. The van der Waals surface area contributed by atoms with Crippen molar-refractivity contribution in [3.8, 4) is 0 Å². The van der Waals surface area contributed by atoms with E-state index in [0.29, 0.717) is 19.6 Å². The third-order valence-corrected chi connectivity index (χ3v) is 8.08. The van der Waals surface area contributed by atoms with Gasteiger partial charge in [-0.15, -0.1) is 0 Å². The van der Waals surface area contributed by atoms with Crippen molar-refractivity contribution in [1.29, 1.82) is 0 Å². The van der Waals surface area contributed by atoms with E-state index in [0.717, 1.165) is 66.3 Å². The zero-order chi connectivity index (χ0) is 29.4. The molecule has 2 atom stereocenters. The molecule has 0 aromatic heterocycles. The summed E-state index contributed by atoms with van der Waals surface area (Å²) in [6, 6.07) is 13.1. The molecule has 4 rings (SSSR count). The fourth-order valence-corrected chi connectivity index (χ4v) is 5.99. The molecule has 2 aromatic carbocycles. The van der Waals surface area contributed by atoms with E-state index in [9.17, 15) is 19.2 Å². The quantitative estimate of drug-likeness (QED) is 0.335. The summed E-state index contributed by atoms with van der Waals surface area (Å²) in [6.07, 6.45) is 6.28. The van der Waals surface area contributed by atoms with Gasteiger partial charge in [0.1, 0.15) is 12.1 Å². The number of fused-ring (bicyclic) bond motifs is 1. The molecule has 2 aromatic rings. The predicted octanol–water partition coefficient (Wildman–Crippen LogP) is 2.74. The van der Waals surface area contributed by atoms with Crippen molar-refractivity contribution in [2.45, 2.75) is 83.5 Å². The number of ether oxygens (including phenoxy) is 1. The van der Waals surface area contributed by atoms with E-state index in [4.69, 9.17) is 10.5 Å². The second-order valence-electron chi connectivity index (χ2n) is 11.2. The van der Waals surface area contributed by atoms with Crippen molar-refractivity contribution in [2.75, 3.05) is 26.2 Å². The number of benzene rings is 2. The van der Waals surface area contributed by atoms with Crippen LogP contribution in [0.4, 0.5) is 0 Å². The SMILES string of the molecule is CC(=O)NN(C(=O)CN(Cc1cccc2ccccc12)C[C@@H]1CCCN1C(=O)CN)[C@@H](C)C(=O)OC1CCCCC1. The number of carbonyl (C=O) groups is 4. The summed E-state index contributed by atoms with van der Waals surface area (Å²) < 4.78 is 5.72. The first-order chi connectivity index (χ1) is 19.8. The van der Waals surface area contributed by atoms with Crippen molar-refractivity contribution in [1.82, 2.24) is 20.2 Å². The van der Waals surface area contributed by atoms with Gasteiger partial charge >= 0.3 is 5.97 Å². The Bertz CT molecular complexity index is 1230. The number of nitrogens with two attached hydrogens (primary N) is 1. The van der Waals surface area contributed by atoms with Gasteiger partial charge in [-0.05, 0) is 61.8 Å². The minimum Gasteiger partial charge on any atom is -0.461 e. The Balaban J connectivity index is 1.55. The van der Waals surface area contributed by atoms with Gasteiger partial charge in [-0.1, -0.05) is 48.9 Å². The van der Waals surface area contributed by atoms with E-state index in [1.165, 1.54) is 6.92 Å². The molecular formula is C31H43N5O5. The summed E-state index contributed by atoms with van der Waals surface area (Å²) in [6.45, 7) is 4.30. The van der Waals surface area contributed by atoms with Gasteiger partial charge in [0, 0.05) is 32.6 Å². The first-order valence-corrected chi connectivity index (χ1v) is 14.7. The van der Waals surface area contributed by atoms with Crippen LogP contribution in [0.5, 0.6) is 0 Å². The van der Waals surface area contributed by atoms with Crippen LogP contribution < -0.4 is 11.2 Å². The average Bonchev–Trinajstić information content (AvgIpc) is 3.43. The molecule has 0 bridgehead atoms. The standard InChI is InChI=1S/C31H43N5O5/c1-22(31(40)41-27-14-4-3-5-15-27)36(33-23(2)37)30(39)21-34(20-26-13-9-17-35(26)29(38)18-32)19-25-12-8-11-24-10-6-7-16-28(24)25/h6-8,10-12,16,22,26-27H,3-5,9,13-15,17-21,32H2,1-2H3,(H,33,37)/t22-,26-/m0/s1. The molecule has 41 heavy (non-hydrogen) atoms. The maximum Gasteiger partial charge on any atom is 0.330 e. The van der Waals surface area contributed by atoms with Crippen LogP contribution in [-0.4, -0.2) is 82.9 Å². The lowest BCUT2D eigenvalue weighted by Crippen LogP contribution is -2.57. The zero-order valence-electron chi connectivity index (χ0n) is 24.2. The third kappa shape index (κ3) is 8.04. The zero-order valence-corrected chi connectivity index (χ0v) is 24.2. The monoisotopic (exact) mass is 565 g/mol. The lowest BCUT2D eigenvalue weighted by atomic mass is 9.98. The van der Waals surface area contributed by atoms with Crippen LogP contribution in [-0.2, 0) is 30.5 Å². The van der Waals surface area contributed by atoms with Gasteiger partial charge in [0.25, 0.3) is 5.91 Å². The Labute approximate surface area is 242 Å². The maximum atomic E-state index is 13.8. The van der Waals surface area contributed by atoms with Crippen molar-refractivity contribution in [2.24, 2.45) is 5.73 Å². The number of hydrogen-bond donors (Lipinski definition) is 2. The van der Waals surface area contributed by atoms with Gasteiger partial charge in [-0.25, -0.2) is 9.80 Å².